The normalized spacial score (nSPS) is 12.4. The fraction of sp³-hybridized carbons (Fsp3) is 0.545. The third-order valence-electron chi connectivity index (χ3n) is 7.19. The Balaban J connectivity index is 1.65. The summed E-state index contributed by atoms with van der Waals surface area (Å²) in [6, 6.07) is 14.5. The van der Waals surface area contributed by atoms with Gasteiger partial charge in [0.15, 0.2) is 6.10 Å². The van der Waals surface area contributed by atoms with Gasteiger partial charge in [-0.15, -0.1) is 0 Å². The van der Waals surface area contributed by atoms with E-state index in [-0.39, 0.29) is 12.3 Å². The molecule has 0 radical (unpaired) electrons. The SMILES string of the molecule is CCCCCCCCCCCCCCCC(=O)Nc1ccc(C(=O)N[C@@H](Cc2ccccc2)[C@H](O)C(=O)O)cc1. The van der Waals surface area contributed by atoms with Gasteiger partial charge in [-0.05, 0) is 42.7 Å². The molecule has 7 nitrogen and oxygen atoms in total. The quantitative estimate of drug-likeness (QED) is 0.126. The van der Waals surface area contributed by atoms with Crippen molar-refractivity contribution < 1.29 is 24.6 Å². The number of hydrogen-bond acceptors (Lipinski definition) is 4. The molecule has 0 bridgehead atoms. The molecule has 0 aromatic heterocycles. The fourth-order valence-electron chi connectivity index (χ4n) is 4.77. The average Bonchev–Trinajstić information content (AvgIpc) is 2.95. The van der Waals surface area contributed by atoms with Gasteiger partial charge in [0.05, 0.1) is 6.04 Å². The first kappa shape index (κ1) is 33.0. The van der Waals surface area contributed by atoms with Gasteiger partial charge in [-0.2, -0.15) is 0 Å². The molecular formula is C33H48N2O5. The first-order valence-electron chi connectivity index (χ1n) is 15.1. The summed E-state index contributed by atoms with van der Waals surface area (Å²) in [6.45, 7) is 2.25. The number of benzene rings is 2. The van der Waals surface area contributed by atoms with Gasteiger partial charge in [0.1, 0.15) is 0 Å². The van der Waals surface area contributed by atoms with Crippen LogP contribution in [0.25, 0.3) is 0 Å². The molecule has 0 fully saturated rings. The molecule has 0 unspecified atom stereocenters. The van der Waals surface area contributed by atoms with E-state index in [1.54, 1.807) is 24.3 Å². The molecule has 2 rings (SSSR count). The van der Waals surface area contributed by atoms with Gasteiger partial charge in [-0.1, -0.05) is 114 Å². The van der Waals surface area contributed by atoms with Gasteiger partial charge < -0.3 is 20.8 Å². The largest absolute Gasteiger partial charge is 0.479 e. The van der Waals surface area contributed by atoms with Crippen LogP contribution in [-0.2, 0) is 16.0 Å². The van der Waals surface area contributed by atoms with E-state index >= 15 is 0 Å². The maximum absolute atomic E-state index is 12.8. The van der Waals surface area contributed by atoms with Gasteiger partial charge >= 0.3 is 5.97 Å². The van der Waals surface area contributed by atoms with Gasteiger partial charge in [-0.25, -0.2) is 4.79 Å². The van der Waals surface area contributed by atoms with Crippen LogP contribution in [0.3, 0.4) is 0 Å². The maximum Gasteiger partial charge on any atom is 0.334 e. The van der Waals surface area contributed by atoms with Crippen molar-refractivity contribution in [2.24, 2.45) is 0 Å². The summed E-state index contributed by atoms with van der Waals surface area (Å²) >= 11 is 0. The molecule has 220 valence electrons. The van der Waals surface area contributed by atoms with Gasteiger partial charge in [-0.3, -0.25) is 9.59 Å². The smallest absolute Gasteiger partial charge is 0.334 e. The highest BCUT2D eigenvalue weighted by Gasteiger charge is 2.28. The zero-order chi connectivity index (χ0) is 29.0. The van der Waals surface area contributed by atoms with Crippen LogP contribution >= 0.6 is 0 Å². The minimum Gasteiger partial charge on any atom is -0.479 e. The standard InChI is InChI=1S/C33H48N2O5/c1-2-3-4-5-6-7-8-9-10-11-12-13-17-20-30(36)34-28-23-21-27(22-24-28)32(38)35-29(31(37)33(39)40)25-26-18-15-14-16-19-26/h14-16,18-19,21-24,29,31,37H,2-13,17,20,25H2,1H3,(H,34,36)(H,35,38)(H,39,40)/t29-,31-/m0/s1. The van der Waals surface area contributed by atoms with Crippen molar-refractivity contribution in [3.8, 4) is 0 Å². The van der Waals surface area contributed by atoms with Crippen LogP contribution in [-0.4, -0.2) is 40.1 Å². The predicted molar refractivity (Wildman–Crippen MR) is 160 cm³/mol. The predicted octanol–water partition coefficient (Wildman–Crippen LogP) is 6.89. The molecule has 0 spiro atoms. The van der Waals surface area contributed by atoms with E-state index in [2.05, 4.69) is 17.6 Å². The fourth-order valence-corrected chi connectivity index (χ4v) is 4.77. The van der Waals surface area contributed by atoms with E-state index in [9.17, 15) is 24.6 Å². The molecule has 0 aliphatic heterocycles. The molecular weight excluding hydrogens is 504 g/mol. The summed E-state index contributed by atoms with van der Waals surface area (Å²) in [5.41, 5.74) is 1.71. The second-order valence-corrected chi connectivity index (χ2v) is 10.7. The van der Waals surface area contributed by atoms with E-state index in [0.717, 1.165) is 24.8 Å². The second kappa shape index (κ2) is 19.8. The zero-order valence-corrected chi connectivity index (χ0v) is 24.1. The van der Waals surface area contributed by atoms with Gasteiger partial charge in [0, 0.05) is 17.7 Å². The molecule has 40 heavy (non-hydrogen) atoms. The molecule has 2 aromatic rings. The Morgan fingerprint density at radius 2 is 1.25 bits per heavy atom. The van der Waals surface area contributed by atoms with Crippen LogP contribution in [0.5, 0.6) is 0 Å². The van der Waals surface area contributed by atoms with Crippen molar-refractivity contribution in [2.45, 2.75) is 115 Å². The lowest BCUT2D eigenvalue weighted by molar-refractivity contribution is -0.148. The lowest BCUT2D eigenvalue weighted by Gasteiger charge is -2.21. The molecule has 2 aromatic carbocycles. The van der Waals surface area contributed by atoms with E-state index in [0.29, 0.717) is 17.7 Å². The zero-order valence-electron chi connectivity index (χ0n) is 24.1. The first-order valence-corrected chi connectivity index (χ1v) is 15.1. The van der Waals surface area contributed by atoms with Crippen LogP contribution in [0, 0.1) is 0 Å². The van der Waals surface area contributed by atoms with E-state index < -0.39 is 24.0 Å². The number of amides is 2. The number of hydrogen-bond donors (Lipinski definition) is 4. The number of rotatable bonds is 21. The number of nitrogens with one attached hydrogen (secondary N) is 2. The Labute approximate surface area is 239 Å². The highest BCUT2D eigenvalue weighted by molar-refractivity contribution is 5.96. The molecule has 0 saturated heterocycles. The van der Waals surface area contributed by atoms with Crippen LogP contribution in [0.15, 0.2) is 54.6 Å². The number of carboxylic acid groups (broad SMARTS) is 1. The Morgan fingerprint density at radius 1 is 0.725 bits per heavy atom. The summed E-state index contributed by atoms with van der Waals surface area (Å²) in [5, 5.41) is 24.9. The highest BCUT2D eigenvalue weighted by atomic mass is 16.4. The van der Waals surface area contributed by atoms with Gasteiger partial charge in [0.2, 0.25) is 5.91 Å². The molecule has 0 saturated carbocycles. The summed E-state index contributed by atoms with van der Waals surface area (Å²) in [6.07, 6.45) is 15.3. The number of unbranched alkanes of at least 4 members (excludes halogenated alkanes) is 12. The van der Waals surface area contributed by atoms with Crippen molar-refractivity contribution >= 4 is 23.5 Å². The van der Waals surface area contributed by atoms with Crippen LogP contribution in [0.2, 0.25) is 0 Å². The molecule has 0 aliphatic rings. The summed E-state index contributed by atoms with van der Waals surface area (Å²) in [4.78, 5) is 36.4. The Morgan fingerprint density at radius 3 is 1.77 bits per heavy atom. The van der Waals surface area contributed by atoms with Crippen molar-refractivity contribution in [3.63, 3.8) is 0 Å². The Kier molecular flexibility index (Phi) is 16.3. The molecule has 2 atom stereocenters. The highest BCUT2D eigenvalue weighted by Crippen LogP contribution is 2.15. The lowest BCUT2D eigenvalue weighted by Crippen LogP contribution is -2.48. The van der Waals surface area contributed by atoms with E-state index in [1.807, 2.05) is 30.3 Å². The number of aliphatic hydroxyl groups excluding tert-OH is 1. The topological polar surface area (TPSA) is 116 Å². The van der Waals surface area contributed by atoms with Crippen LogP contribution in [0.4, 0.5) is 5.69 Å². The number of carboxylic acids is 1. The minimum absolute atomic E-state index is 0.0484. The molecule has 4 N–H and O–H groups in total. The van der Waals surface area contributed by atoms with Crippen molar-refractivity contribution in [1.29, 1.82) is 0 Å². The Bertz CT molecular complexity index is 994. The summed E-state index contributed by atoms with van der Waals surface area (Å²) < 4.78 is 0. The summed E-state index contributed by atoms with van der Waals surface area (Å²) in [7, 11) is 0. The number of carbonyl (C=O) groups is 3. The van der Waals surface area contributed by atoms with Gasteiger partial charge in [0.25, 0.3) is 5.91 Å². The third kappa shape index (κ3) is 13.7. The summed E-state index contributed by atoms with van der Waals surface area (Å²) in [5.74, 6) is -1.94. The maximum atomic E-state index is 12.8. The number of aliphatic hydroxyl groups is 1. The van der Waals surface area contributed by atoms with E-state index in [4.69, 9.17) is 0 Å². The molecule has 7 heteroatoms. The molecule has 0 heterocycles. The number of anilines is 1. The molecule has 2 amide bonds. The van der Waals surface area contributed by atoms with Crippen molar-refractivity contribution in [1.82, 2.24) is 5.32 Å². The van der Waals surface area contributed by atoms with Crippen LogP contribution in [0.1, 0.15) is 113 Å². The number of carbonyl (C=O) groups excluding carboxylic acids is 2. The Hall–Kier alpha value is -3.19. The van der Waals surface area contributed by atoms with E-state index in [1.165, 1.54) is 64.2 Å². The molecule has 0 aliphatic carbocycles. The number of aliphatic carboxylic acids is 1. The first-order chi connectivity index (χ1) is 19.4. The van der Waals surface area contributed by atoms with Crippen molar-refractivity contribution in [3.05, 3.63) is 65.7 Å². The van der Waals surface area contributed by atoms with Crippen molar-refractivity contribution in [2.75, 3.05) is 5.32 Å². The third-order valence-corrected chi connectivity index (χ3v) is 7.19. The minimum atomic E-state index is -1.74. The van der Waals surface area contributed by atoms with Crippen LogP contribution < -0.4 is 10.6 Å². The lowest BCUT2D eigenvalue weighted by atomic mass is 10.0. The second-order valence-electron chi connectivity index (χ2n) is 10.7. The monoisotopic (exact) mass is 552 g/mol. The average molecular weight is 553 g/mol.